The monoisotopic (exact) mass is 425 g/mol. The predicted octanol–water partition coefficient (Wildman–Crippen LogP) is 5.36. The summed E-state index contributed by atoms with van der Waals surface area (Å²) in [4.78, 5) is 21.0. The van der Waals surface area contributed by atoms with Crippen molar-refractivity contribution in [3.63, 3.8) is 0 Å². The number of halogens is 1. The average molecular weight is 426 g/mol. The lowest BCUT2D eigenvalue weighted by Gasteiger charge is -2.16. The number of carbonyl (C=O) groups is 1. The van der Waals surface area contributed by atoms with Gasteiger partial charge >= 0.3 is 5.97 Å². The number of hydrogen-bond acceptors (Lipinski definition) is 6. The molecule has 0 saturated heterocycles. The molecule has 0 radical (unpaired) electrons. The van der Waals surface area contributed by atoms with Crippen LogP contribution < -0.4 is 10.1 Å². The maximum atomic E-state index is 12.0. The summed E-state index contributed by atoms with van der Waals surface area (Å²) >= 11 is 6.45. The Bertz CT molecular complexity index is 1100. The Labute approximate surface area is 180 Å². The Kier molecular flexibility index (Phi) is 6.90. The van der Waals surface area contributed by atoms with E-state index in [0.29, 0.717) is 34.4 Å². The molecule has 0 aliphatic rings. The Morgan fingerprint density at radius 3 is 2.70 bits per heavy atom. The van der Waals surface area contributed by atoms with E-state index in [2.05, 4.69) is 15.3 Å². The second kappa shape index (κ2) is 9.59. The standard InChI is InChI=1S/C23H24ClN3O3/c1-5-30-20(28)11-10-17-21-15(13-25-23(27-21)26-14(2)3)12-18(22(17)29-4)16-8-6-7-9-19(16)24/h6-14H,5H2,1-4H3,(H,25,26,27). The van der Waals surface area contributed by atoms with E-state index in [1.165, 1.54) is 6.08 Å². The van der Waals surface area contributed by atoms with Gasteiger partial charge in [-0.05, 0) is 39.0 Å². The topological polar surface area (TPSA) is 73.3 Å². The van der Waals surface area contributed by atoms with Gasteiger partial charge in [0.25, 0.3) is 0 Å². The lowest BCUT2D eigenvalue weighted by Crippen LogP contribution is -2.12. The molecule has 1 heterocycles. The number of fused-ring (bicyclic) bond motifs is 1. The number of anilines is 1. The molecular formula is C23H24ClN3O3. The molecule has 6 nitrogen and oxygen atoms in total. The van der Waals surface area contributed by atoms with Crippen molar-refractivity contribution in [1.82, 2.24) is 9.97 Å². The van der Waals surface area contributed by atoms with Crippen LogP contribution in [0.3, 0.4) is 0 Å². The summed E-state index contributed by atoms with van der Waals surface area (Å²) in [5.41, 5.74) is 2.90. The highest BCUT2D eigenvalue weighted by Gasteiger charge is 2.18. The van der Waals surface area contributed by atoms with Crippen LogP contribution in [-0.2, 0) is 9.53 Å². The summed E-state index contributed by atoms with van der Waals surface area (Å²) < 4.78 is 10.8. The minimum absolute atomic E-state index is 0.172. The summed E-state index contributed by atoms with van der Waals surface area (Å²) in [6.07, 6.45) is 4.77. The van der Waals surface area contributed by atoms with Crippen LogP contribution in [-0.4, -0.2) is 35.7 Å². The van der Waals surface area contributed by atoms with E-state index in [0.717, 1.165) is 16.5 Å². The fraction of sp³-hybridized carbons (Fsp3) is 0.261. The van der Waals surface area contributed by atoms with Crippen LogP contribution in [0.4, 0.5) is 5.95 Å². The number of esters is 1. The quantitative estimate of drug-likeness (QED) is 0.406. The van der Waals surface area contributed by atoms with E-state index in [9.17, 15) is 4.79 Å². The first kappa shape index (κ1) is 21.6. The molecule has 0 bridgehead atoms. The second-order valence-electron chi connectivity index (χ2n) is 6.87. The van der Waals surface area contributed by atoms with Gasteiger partial charge in [0.15, 0.2) is 0 Å². The fourth-order valence-corrected chi connectivity index (χ4v) is 3.35. The van der Waals surface area contributed by atoms with E-state index >= 15 is 0 Å². The SMILES string of the molecule is CCOC(=O)C=Cc1c(OC)c(-c2ccccc2Cl)cc2cnc(NC(C)C)nc12. The number of benzene rings is 2. The lowest BCUT2D eigenvalue weighted by atomic mass is 9.97. The Morgan fingerprint density at radius 2 is 2.03 bits per heavy atom. The summed E-state index contributed by atoms with van der Waals surface area (Å²) in [6, 6.07) is 9.63. The van der Waals surface area contributed by atoms with E-state index < -0.39 is 5.97 Å². The Hall–Kier alpha value is -3.12. The van der Waals surface area contributed by atoms with Gasteiger partial charge in [-0.1, -0.05) is 29.8 Å². The molecule has 0 aliphatic carbocycles. The van der Waals surface area contributed by atoms with Gasteiger partial charge in [0, 0.05) is 45.4 Å². The zero-order valence-electron chi connectivity index (χ0n) is 17.4. The van der Waals surface area contributed by atoms with Gasteiger partial charge in [-0.15, -0.1) is 0 Å². The van der Waals surface area contributed by atoms with Gasteiger partial charge in [-0.2, -0.15) is 0 Å². The summed E-state index contributed by atoms with van der Waals surface area (Å²) in [7, 11) is 1.58. The molecule has 0 fully saturated rings. The van der Waals surface area contributed by atoms with Gasteiger partial charge < -0.3 is 14.8 Å². The number of ether oxygens (including phenoxy) is 2. The molecule has 3 aromatic rings. The average Bonchev–Trinajstić information content (AvgIpc) is 2.71. The van der Waals surface area contributed by atoms with Crippen LogP contribution in [0.2, 0.25) is 5.02 Å². The smallest absolute Gasteiger partial charge is 0.330 e. The second-order valence-corrected chi connectivity index (χ2v) is 7.27. The third-order valence-electron chi connectivity index (χ3n) is 4.32. The van der Waals surface area contributed by atoms with Crippen molar-refractivity contribution in [2.75, 3.05) is 19.0 Å². The van der Waals surface area contributed by atoms with Gasteiger partial charge in [-0.3, -0.25) is 0 Å². The molecule has 0 atom stereocenters. The Morgan fingerprint density at radius 1 is 1.27 bits per heavy atom. The normalized spacial score (nSPS) is 11.3. The van der Waals surface area contributed by atoms with E-state index in [4.69, 9.17) is 21.1 Å². The molecule has 1 aromatic heterocycles. The zero-order valence-corrected chi connectivity index (χ0v) is 18.2. The maximum Gasteiger partial charge on any atom is 0.330 e. The molecule has 0 amide bonds. The summed E-state index contributed by atoms with van der Waals surface area (Å²) in [5.74, 6) is 0.617. The third kappa shape index (κ3) is 4.71. The predicted molar refractivity (Wildman–Crippen MR) is 121 cm³/mol. The molecule has 156 valence electrons. The number of rotatable bonds is 7. The highest BCUT2D eigenvalue weighted by Crippen LogP contribution is 2.41. The number of hydrogen-bond donors (Lipinski definition) is 1. The van der Waals surface area contributed by atoms with E-state index in [-0.39, 0.29) is 6.04 Å². The van der Waals surface area contributed by atoms with Crippen molar-refractivity contribution >= 4 is 40.5 Å². The fourth-order valence-electron chi connectivity index (χ4n) is 3.11. The van der Waals surface area contributed by atoms with Gasteiger partial charge in [0.1, 0.15) is 5.75 Å². The number of nitrogens with one attached hydrogen (secondary N) is 1. The van der Waals surface area contributed by atoms with Gasteiger partial charge in [-0.25, -0.2) is 14.8 Å². The van der Waals surface area contributed by atoms with Crippen LogP contribution in [0.5, 0.6) is 5.75 Å². The van der Waals surface area contributed by atoms with Crippen molar-refractivity contribution < 1.29 is 14.3 Å². The molecule has 0 spiro atoms. The maximum absolute atomic E-state index is 12.0. The number of nitrogens with zero attached hydrogens (tertiary/aromatic N) is 2. The molecule has 0 saturated carbocycles. The molecule has 0 unspecified atom stereocenters. The molecule has 30 heavy (non-hydrogen) atoms. The third-order valence-corrected chi connectivity index (χ3v) is 4.65. The van der Waals surface area contributed by atoms with Crippen LogP contribution >= 0.6 is 11.6 Å². The van der Waals surface area contributed by atoms with Gasteiger partial charge in [0.05, 0.1) is 19.2 Å². The first-order valence-corrected chi connectivity index (χ1v) is 10.1. The Balaban J connectivity index is 2.29. The van der Waals surface area contributed by atoms with Crippen LogP contribution in [0.25, 0.3) is 28.1 Å². The van der Waals surface area contributed by atoms with E-state index in [1.807, 2.05) is 44.2 Å². The van der Waals surface area contributed by atoms with Crippen molar-refractivity contribution in [3.05, 3.63) is 53.2 Å². The highest BCUT2D eigenvalue weighted by atomic mass is 35.5. The lowest BCUT2D eigenvalue weighted by molar-refractivity contribution is -0.137. The molecule has 1 N–H and O–H groups in total. The summed E-state index contributed by atoms with van der Waals surface area (Å²) in [5, 5.41) is 4.59. The number of methoxy groups -OCH3 is 1. The summed E-state index contributed by atoms with van der Waals surface area (Å²) in [6.45, 7) is 6.08. The first-order valence-electron chi connectivity index (χ1n) is 9.68. The van der Waals surface area contributed by atoms with Crippen LogP contribution in [0, 0.1) is 0 Å². The van der Waals surface area contributed by atoms with Crippen molar-refractivity contribution in [2.24, 2.45) is 0 Å². The molecule has 0 aliphatic heterocycles. The van der Waals surface area contributed by atoms with Crippen molar-refractivity contribution in [3.8, 4) is 16.9 Å². The van der Waals surface area contributed by atoms with Crippen molar-refractivity contribution in [2.45, 2.75) is 26.8 Å². The van der Waals surface area contributed by atoms with Crippen molar-refractivity contribution in [1.29, 1.82) is 0 Å². The van der Waals surface area contributed by atoms with E-state index in [1.54, 1.807) is 26.3 Å². The molecular weight excluding hydrogens is 402 g/mol. The van der Waals surface area contributed by atoms with Gasteiger partial charge in [0.2, 0.25) is 5.95 Å². The first-order chi connectivity index (χ1) is 14.4. The minimum atomic E-state index is -0.439. The van der Waals surface area contributed by atoms with Crippen LogP contribution in [0.1, 0.15) is 26.3 Å². The minimum Gasteiger partial charge on any atom is -0.495 e. The van der Waals surface area contributed by atoms with Crippen LogP contribution in [0.15, 0.2) is 42.6 Å². The molecule has 7 heteroatoms. The molecule has 3 rings (SSSR count). The molecule has 2 aromatic carbocycles. The largest absolute Gasteiger partial charge is 0.495 e. The zero-order chi connectivity index (χ0) is 21.7. The number of carbonyl (C=O) groups excluding carboxylic acids is 1. The highest BCUT2D eigenvalue weighted by molar-refractivity contribution is 6.33. The number of aromatic nitrogens is 2.